The van der Waals surface area contributed by atoms with Crippen LogP contribution in [-0.4, -0.2) is 15.0 Å². The number of nitrogens with zero attached hydrogens (tertiary/aromatic N) is 3. The average Bonchev–Trinajstić information content (AvgIpc) is 2.62. The number of rotatable bonds is 1. The van der Waals surface area contributed by atoms with E-state index in [-0.39, 0.29) is 0 Å². The normalized spacial score (nSPS) is 10.2. The van der Waals surface area contributed by atoms with E-state index in [1.54, 1.807) is 29.2 Å². The zero-order chi connectivity index (χ0) is 9.26. The van der Waals surface area contributed by atoms with Crippen molar-refractivity contribution < 1.29 is 0 Å². The Labute approximate surface area is 79.9 Å². The van der Waals surface area contributed by atoms with Gasteiger partial charge in [-0.15, -0.1) is 5.10 Å². The number of benzene rings is 1. The third-order valence-electron chi connectivity index (χ3n) is 1.67. The second-order valence-corrected chi connectivity index (χ2v) is 2.96. The van der Waals surface area contributed by atoms with E-state index in [2.05, 4.69) is 10.3 Å². The molecule has 66 valence electrons. The van der Waals surface area contributed by atoms with Gasteiger partial charge in [-0.2, -0.15) is 0 Å². The van der Waals surface area contributed by atoms with E-state index in [0.717, 1.165) is 5.69 Å². The van der Waals surface area contributed by atoms with Gasteiger partial charge < -0.3 is 5.73 Å². The molecule has 0 bridgehead atoms. The van der Waals surface area contributed by atoms with Crippen LogP contribution in [0.25, 0.3) is 5.69 Å². The summed E-state index contributed by atoms with van der Waals surface area (Å²) in [4.78, 5) is 0. The fourth-order valence-corrected chi connectivity index (χ4v) is 1.18. The first-order chi connectivity index (χ1) is 6.27. The summed E-state index contributed by atoms with van der Waals surface area (Å²) < 4.78 is 1.62. The molecule has 0 fully saturated rings. The Bertz CT molecular complexity index is 410. The summed E-state index contributed by atoms with van der Waals surface area (Å²) in [6, 6.07) is 5.31. The summed E-state index contributed by atoms with van der Waals surface area (Å²) in [5, 5.41) is 8.04. The fourth-order valence-electron chi connectivity index (χ4n) is 1.00. The Hall–Kier alpha value is -1.55. The van der Waals surface area contributed by atoms with E-state index in [1.807, 2.05) is 6.07 Å². The monoisotopic (exact) mass is 194 g/mol. The van der Waals surface area contributed by atoms with Crippen LogP contribution in [0, 0.1) is 0 Å². The summed E-state index contributed by atoms with van der Waals surface area (Å²) in [5.74, 6) is 0. The first kappa shape index (κ1) is 8.07. The van der Waals surface area contributed by atoms with Gasteiger partial charge in [-0.05, 0) is 18.2 Å². The zero-order valence-corrected chi connectivity index (χ0v) is 7.44. The molecule has 2 rings (SSSR count). The predicted molar refractivity (Wildman–Crippen MR) is 50.8 cm³/mol. The van der Waals surface area contributed by atoms with Crippen molar-refractivity contribution in [3.05, 3.63) is 35.6 Å². The molecule has 5 heteroatoms. The van der Waals surface area contributed by atoms with Crippen molar-refractivity contribution in [2.24, 2.45) is 0 Å². The molecule has 0 radical (unpaired) electrons. The van der Waals surface area contributed by atoms with Crippen LogP contribution in [0.3, 0.4) is 0 Å². The van der Waals surface area contributed by atoms with Gasteiger partial charge in [0.1, 0.15) is 0 Å². The van der Waals surface area contributed by atoms with Gasteiger partial charge in [0.05, 0.1) is 28.8 Å². The molecule has 0 aliphatic carbocycles. The number of nitrogen functional groups attached to an aromatic ring is 1. The highest BCUT2D eigenvalue weighted by molar-refractivity contribution is 6.33. The van der Waals surface area contributed by atoms with Gasteiger partial charge in [0.25, 0.3) is 0 Å². The SMILES string of the molecule is Nc1ccc(-n2ccnn2)cc1Cl. The standard InChI is InChI=1S/C8H7ClN4/c9-7-5-6(1-2-8(7)10)13-4-3-11-12-13/h1-5H,10H2. The number of hydrogen-bond acceptors (Lipinski definition) is 3. The van der Waals surface area contributed by atoms with Crippen molar-refractivity contribution in [1.29, 1.82) is 0 Å². The highest BCUT2D eigenvalue weighted by Crippen LogP contribution is 2.21. The lowest BCUT2D eigenvalue weighted by Gasteiger charge is -2.02. The molecule has 1 heterocycles. The van der Waals surface area contributed by atoms with Gasteiger partial charge in [-0.3, -0.25) is 0 Å². The van der Waals surface area contributed by atoms with Crippen molar-refractivity contribution in [2.45, 2.75) is 0 Å². The predicted octanol–water partition coefficient (Wildman–Crippen LogP) is 1.50. The van der Waals surface area contributed by atoms with Crippen LogP contribution in [0.4, 0.5) is 5.69 Å². The number of anilines is 1. The lowest BCUT2D eigenvalue weighted by Crippen LogP contribution is -1.96. The molecule has 13 heavy (non-hydrogen) atoms. The minimum atomic E-state index is 0.521. The molecule has 0 saturated carbocycles. The lowest BCUT2D eigenvalue weighted by molar-refractivity contribution is 0.803. The Morgan fingerprint density at radius 3 is 2.85 bits per heavy atom. The highest BCUT2D eigenvalue weighted by Gasteiger charge is 2.00. The maximum Gasteiger partial charge on any atom is 0.0697 e. The fraction of sp³-hybridized carbons (Fsp3) is 0. The average molecular weight is 195 g/mol. The van der Waals surface area contributed by atoms with Gasteiger partial charge in [0, 0.05) is 0 Å². The molecule has 0 amide bonds. The summed E-state index contributed by atoms with van der Waals surface area (Å²) in [5.41, 5.74) is 6.97. The van der Waals surface area contributed by atoms with Crippen molar-refractivity contribution in [1.82, 2.24) is 15.0 Å². The maximum absolute atomic E-state index is 5.84. The van der Waals surface area contributed by atoms with E-state index in [1.165, 1.54) is 0 Å². The summed E-state index contributed by atoms with van der Waals surface area (Å²) in [7, 11) is 0. The quantitative estimate of drug-likeness (QED) is 0.700. The number of aromatic nitrogens is 3. The molecule has 2 N–H and O–H groups in total. The molecule has 0 unspecified atom stereocenters. The van der Waals surface area contributed by atoms with E-state index >= 15 is 0 Å². The van der Waals surface area contributed by atoms with Crippen LogP contribution in [0.5, 0.6) is 0 Å². The largest absolute Gasteiger partial charge is 0.398 e. The van der Waals surface area contributed by atoms with E-state index in [4.69, 9.17) is 17.3 Å². The number of nitrogens with two attached hydrogens (primary N) is 1. The molecule has 0 aliphatic rings. The molecular weight excluding hydrogens is 188 g/mol. The molecule has 1 aromatic carbocycles. The molecule has 1 aromatic heterocycles. The maximum atomic E-state index is 5.84. The van der Waals surface area contributed by atoms with Gasteiger partial charge in [0.2, 0.25) is 0 Å². The first-order valence-electron chi connectivity index (χ1n) is 3.69. The van der Waals surface area contributed by atoms with Crippen molar-refractivity contribution >= 4 is 17.3 Å². The van der Waals surface area contributed by atoms with Crippen LogP contribution < -0.4 is 5.73 Å². The Balaban J connectivity index is 2.49. The van der Waals surface area contributed by atoms with Crippen LogP contribution in [0.15, 0.2) is 30.6 Å². The van der Waals surface area contributed by atoms with E-state index in [0.29, 0.717) is 10.7 Å². The van der Waals surface area contributed by atoms with Crippen molar-refractivity contribution in [2.75, 3.05) is 5.73 Å². The second kappa shape index (κ2) is 3.06. The first-order valence-corrected chi connectivity index (χ1v) is 4.07. The van der Waals surface area contributed by atoms with E-state index < -0.39 is 0 Å². The van der Waals surface area contributed by atoms with Crippen LogP contribution in [0.2, 0.25) is 5.02 Å². The van der Waals surface area contributed by atoms with Crippen LogP contribution >= 0.6 is 11.6 Å². The summed E-state index contributed by atoms with van der Waals surface area (Å²) >= 11 is 5.84. The van der Waals surface area contributed by atoms with Gasteiger partial charge >= 0.3 is 0 Å². The summed E-state index contributed by atoms with van der Waals surface area (Å²) in [6.07, 6.45) is 3.34. The number of hydrogen-bond donors (Lipinski definition) is 1. The minimum absolute atomic E-state index is 0.521. The number of halogens is 1. The molecule has 0 saturated heterocycles. The molecule has 4 nitrogen and oxygen atoms in total. The third kappa shape index (κ3) is 1.48. The van der Waals surface area contributed by atoms with Gasteiger partial charge in [0.15, 0.2) is 0 Å². The molecular formula is C8H7ClN4. The smallest absolute Gasteiger partial charge is 0.0697 e. The second-order valence-electron chi connectivity index (χ2n) is 2.55. The Morgan fingerprint density at radius 1 is 1.38 bits per heavy atom. The van der Waals surface area contributed by atoms with Crippen LogP contribution in [-0.2, 0) is 0 Å². The van der Waals surface area contributed by atoms with Crippen LogP contribution in [0.1, 0.15) is 0 Å². The molecule has 2 aromatic rings. The van der Waals surface area contributed by atoms with Crippen molar-refractivity contribution in [3.63, 3.8) is 0 Å². The van der Waals surface area contributed by atoms with Gasteiger partial charge in [-0.1, -0.05) is 16.8 Å². The van der Waals surface area contributed by atoms with Gasteiger partial charge in [-0.25, -0.2) is 4.68 Å². The zero-order valence-electron chi connectivity index (χ0n) is 6.68. The molecule has 0 atom stereocenters. The Kier molecular flexibility index (Phi) is 1.90. The minimum Gasteiger partial charge on any atom is -0.398 e. The van der Waals surface area contributed by atoms with Crippen molar-refractivity contribution in [3.8, 4) is 5.69 Å². The Morgan fingerprint density at radius 2 is 2.23 bits per heavy atom. The van der Waals surface area contributed by atoms with E-state index in [9.17, 15) is 0 Å². The highest BCUT2D eigenvalue weighted by atomic mass is 35.5. The lowest BCUT2D eigenvalue weighted by atomic mass is 10.3. The summed E-state index contributed by atoms with van der Waals surface area (Å²) in [6.45, 7) is 0. The molecule has 0 aliphatic heterocycles. The third-order valence-corrected chi connectivity index (χ3v) is 2.00. The topological polar surface area (TPSA) is 56.7 Å². The molecule has 0 spiro atoms.